The van der Waals surface area contributed by atoms with Gasteiger partial charge in [-0.2, -0.15) is 0 Å². The second-order valence-electron chi connectivity index (χ2n) is 7.46. The number of aryl methyl sites for hydroxylation is 1. The lowest BCUT2D eigenvalue weighted by Crippen LogP contribution is -2.33. The van der Waals surface area contributed by atoms with E-state index in [0.29, 0.717) is 6.42 Å². The molecule has 0 spiro atoms. The zero-order valence-corrected chi connectivity index (χ0v) is 15.7. The molecule has 2 aromatic carbocycles. The highest BCUT2D eigenvalue weighted by Crippen LogP contribution is 2.42. The molecule has 0 bridgehead atoms. The molecule has 5 rings (SSSR count). The highest BCUT2D eigenvalue weighted by atomic mass is 16.2. The Labute approximate surface area is 162 Å². The van der Waals surface area contributed by atoms with Gasteiger partial charge in [-0.3, -0.25) is 4.79 Å². The molecule has 1 aliphatic rings. The van der Waals surface area contributed by atoms with E-state index >= 15 is 0 Å². The molecule has 0 radical (unpaired) electrons. The number of carbonyl (C=O) groups is 1. The molecule has 1 aliphatic heterocycles. The molecule has 0 fully saturated rings. The molecule has 0 unspecified atom stereocenters. The lowest BCUT2D eigenvalue weighted by molar-refractivity contribution is -0.120. The molecule has 3 heterocycles. The fourth-order valence-corrected chi connectivity index (χ4v) is 3.98. The number of rotatable bonds is 3. The third-order valence-corrected chi connectivity index (χ3v) is 5.53. The molecule has 28 heavy (non-hydrogen) atoms. The summed E-state index contributed by atoms with van der Waals surface area (Å²) >= 11 is 0. The summed E-state index contributed by atoms with van der Waals surface area (Å²) in [5.41, 5.74) is 5.59. The van der Waals surface area contributed by atoms with E-state index in [9.17, 15) is 4.79 Å². The second-order valence-corrected chi connectivity index (χ2v) is 7.46. The number of nitrogens with one attached hydrogen (secondary N) is 1. The van der Waals surface area contributed by atoms with Crippen LogP contribution in [0.2, 0.25) is 0 Å². The first-order valence-electron chi connectivity index (χ1n) is 9.18. The van der Waals surface area contributed by atoms with Gasteiger partial charge in [-0.25, -0.2) is 15.0 Å². The maximum Gasteiger partial charge on any atom is 0.235 e. The molecular formula is C22H19N5O. The van der Waals surface area contributed by atoms with E-state index in [1.165, 1.54) is 0 Å². The van der Waals surface area contributed by atoms with Crippen molar-refractivity contribution in [3.63, 3.8) is 0 Å². The van der Waals surface area contributed by atoms with Gasteiger partial charge in [0.25, 0.3) is 0 Å². The summed E-state index contributed by atoms with van der Waals surface area (Å²) in [6.07, 6.45) is 3.93. The summed E-state index contributed by atoms with van der Waals surface area (Å²) in [5, 5.41) is 3.04. The van der Waals surface area contributed by atoms with Crippen molar-refractivity contribution >= 4 is 22.8 Å². The first kappa shape index (κ1) is 16.6. The molecule has 6 heteroatoms. The summed E-state index contributed by atoms with van der Waals surface area (Å²) in [6, 6.07) is 16.1. The van der Waals surface area contributed by atoms with Crippen LogP contribution in [-0.2, 0) is 23.7 Å². The SMILES string of the molecule is Cn1cnc2c(-c3ccc4c(c3)[C@@](C)(Cc3ccccc3)C(=O)N4)ncnc21. The third kappa shape index (κ3) is 2.41. The van der Waals surface area contributed by atoms with Crippen LogP contribution in [0.15, 0.2) is 61.2 Å². The van der Waals surface area contributed by atoms with Gasteiger partial charge in [0.1, 0.15) is 17.5 Å². The minimum atomic E-state index is -0.636. The van der Waals surface area contributed by atoms with Gasteiger partial charge in [0.05, 0.1) is 11.7 Å². The highest BCUT2D eigenvalue weighted by Gasteiger charge is 2.42. The molecule has 0 aliphatic carbocycles. The summed E-state index contributed by atoms with van der Waals surface area (Å²) in [6.45, 7) is 2.00. The van der Waals surface area contributed by atoms with Crippen molar-refractivity contribution in [2.45, 2.75) is 18.8 Å². The molecule has 4 aromatic rings. The third-order valence-electron chi connectivity index (χ3n) is 5.53. The Hall–Kier alpha value is -3.54. The van der Waals surface area contributed by atoms with Crippen molar-refractivity contribution in [1.29, 1.82) is 0 Å². The van der Waals surface area contributed by atoms with E-state index < -0.39 is 5.41 Å². The van der Waals surface area contributed by atoms with Crippen LogP contribution in [-0.4, -0.2) is 25.4 Å². The number of carbonyl (C=O) groups excluding carboxylic acids is 1. The Morgan fingerprint density at radius 1 is 1.07 bits per heavy atom. The molecule has 0 saturated carbocycles. The fourth-order valence-electron chi connectivity index (χ4n) is 3.98. The zero-order valence-electron chi connectivity index (χ0n) is 15.7. The molecule has 1 N–H and O–H groups in total. The minimum absolute atomic E-state index is 0.0224. The fraction of sp³-hybridized carbons (Fsp3) is 0.182. The number of nitrogens with zero attached hydrogens (tertiary/aromatic N) is 4. The average molecular weight is 369 g/mol. The van der Waals surface area contributed by atoms with Gasteiger partial charge in [0.2, 0.25) is 5.91 Å². The van der Waals surface area contributed by atoms with Crippen LogP contribution in [0, 0.1) is 0 Å². The van der Waals surface area contributed by atoms with Crippen LogP contribution in [0.3, 0.4) is 0 Å². The molecule has 1 atom stereocenters. The monoisotopic (exact) mass is 369 g/mol. The largest absolute Gasteiger partial charge is 0.325 e. The van der Waals surface area contributed by atoms with Gasteiger partial charge in [-0.1, -0.05) is 36.4 Å². The zero-order chi connectivity index (χ0) is 19.3. The van der Waals surface area contributed by atoms with E-state index in [1.54, 1.807) is 12.7 Å². The maximum atomic E-state index is 12.9. The molecule has 6 nitrogen and oxygen atoms in total. The van der Waals surface area contributed by atoms with E-state index in [0.717, 1.165) is 39.2 Å². The van der Waals surface area contributed by atoms with Crippen molar-refractivity contribution in [3.05, 3.63) is 72.3 Å². The van der Waals surface area contributed by atoms with Gasteiger partial charge < -0.3 is 9.88 Å². The van der Waals surface area contributed by atoms with Crippen molar-refractivity contribution in [1.82, 2.24) is 19.5 Å². The molecular weight excluding hydrogens is 350 g/mol. The lowest BCUT2D eigenvalue weighted by Gasteiger charge is -2.23. The minimum Gasteiger partial charge on any atom is -0.325 e. The maximum absolute atomic E-state index is 12.9. The van der Waals surface area contributed by atoms with Gasteiger partial charge in [-0.05, 0) is 36.6 Å². The summed E-state index contributed by atoms with van der Waals surface area (Å²) in [4.78, 5) is 26.1. The first-order valence-corrected chi connectivity index (χ1v) is 9.18. The normalized spacial score (nSPS) is 18.3. The lowest BCUT2D eigenvalue weighted by atomic mass is 9.78. The average Bonchev–Trinajstić information content (AvgIpc) is 3.20. The Balaban J connectivity index is 1.64. The number of anilines is 1. The summed E-state index contributed by atoms with van der Waals surface area (Å²) in [5.74, 6) is 0.0224. The second kappa shape index (κ2) is 5.99. The highest BCUT2D eigenvalue weighted by molar-refractivity contribution is 6.06. The van der Waals surface area contributed by atoms with Crippen molar-refractivity contribution < 1.29 is 4.79 Å². The standard InChI is InChI=1S/C22H19N5O/c1-22(11-14-6-4-3-5-7-14)16-10-15(8-9-17(16)26-21(22)28)18-19-20(24-12-23-18)27(2)13-25-19/h3-10,12-13H,11H2,1-2H3,(H,26,28)/t22-/m1/s1. The van der Waals surface area contributed by atoms with Gasteiger partial charge >= 0.3 is 0 Å². The topological polar surface area (TPSA) is 72.7 Å². The van der Waals surface area contributed by atoms with Crippen LogP contribution in [0.4, 0.5) is 5.69 Å². The summed E-state index contributed by atoms with van der Waals surface area (Å²) < 4.78 is 1.87. The van der Waals surface area contributed by atoms with Crippen LogP contribution >= 0.6 is 0 Å². The van der Waals surface area contributed by atoms with E-state index in [4.69, 9.17) is 0 Å². The predicted molar refractivity (Wildman–Crippen MR) is 108 cm³/mol. The van der Waals surface area contributed by atoms with E-state index in [2.05, 4.69) is 38.5 Å². The van der Waals surface area contributed by atoms with Crippen molar-refractivity contribution in [2.75, 3.05) is 5.32 Å². The molecule has 2 aromatic heterocycles. The molecule has 138 valence electrons. The van der Waals surface area contributed by atoms with Gasteiger partial charge in [0.15, 0.2) is 5.65 Å². The number of fused-ring (bicyclic) bond motifs is 2. The molecule has 1 amide bonds. The first-order chi connectivity index (χ1) is 13.6. The van der Waals surface area contributed by atoms with E-state index in [-0.39, 0.29) is 5.91 Å². The Kier molecular flexibility index (Phi) is 3.55. The smallest absolute Gasteiger partial charge is 0.235 e. The Morgan fingerprint density at radius 2 is 1.89 bits per heavy atom. The van der Waals surface area contributed by atoms with Crippen LogP contribution < -0.4 is 5.32 Å². The number of hydrogen-bond acceptors (Lipinski definition) is 4. The van der Waals surface area contributed by atoms with Gasteiger partial charge in [-0.15, -0.1) is 0 Å². The number of amides is 1. The number of hydrogen-bond donors (Lipinski definition) is 1. The van der Waals surface area contributed by atoms with Crippen LogP contribution in [0.25, 0.3) is 22.4 Å². The Bertz CT molecular complexity index is 1210. The van der Waals surface area contributed by atoms with E-state index in [1.807, 2.05) is 48.9 Å². The van der Waals surface area contributed by atoms with Crippen LogP contribution in [0.5, 0.6) is 0 Å². The van der Waals surface area contributed by atoms with Crippen LogP contribution in [0.1, 0.15) is 18.1 Å². The molecule has 0 saturated heterocycles. The number of aromatic nitrogens is 4. The quantitative estimate of drug-likeness (QED) is 0.600. The number of benzene rings is 2. The summed E-state index contributed by atoms with van der Waals surface area (Å²) in [7, 11) is 1.91. The number of imidazole rings is 1. The van der Waals surface area contributed by atoms with Crippen molar-refractivity contribution in [2.24, 2.45) is 7.05 Å². The van der Waals surface area contributed by atoms with Gasteiger partial charge in [0, 0.05) is 18.3 Å². The predicted octanol–water partition coefficient (Wildman–Crippen LogP) is 3.48. The van der Waals surface area contributed by atoms with Crippen molar-refractivity contribution in [3.8, 4) is 11.3 Å². The Morgan fingerprint density at radius 3 is 2.71 bits per heavy atom.